The molecule has 142 valence electrons. The lowest BCUT2D eigenvalue weighted by molar-refractivity contribution is -0.137. The number of nitrogens with one attached hydrogen (secondary N) is 1. The third-order valence-electron chi connectivity index (χ3n) is 4.89. The first-order valence-corrected chi connectivity index (χ1v) is 9.50. The van der Waals surface area contributed by atoms with Crippen LogP contribution >= 0.6 is 0 Å². The van der Waals surface area contributed by atoms with Crippen molar-refractivity contribution < 1.29 is 9.59 Å². The second-order valence-electron chi connectivity index (χ2n) is 7.04. The van der Waals surface area contributed by atoms with Gasteiger partial charge in [-0.05, 0) is 18.1 Å². The van der Waals surface area contributed by atoms with Gasteiger partial charge in [0.1, 0.15) is 6.04 Å². The summed E-state index contributed by atoms with van der Waals surface area (Å²) < 4.78 is 0. The Hall–Kier alpha value is -2.66. The van der Waals surface area contributed by atoms with Gasteiger partial charge in [0, 0.05) is 32.7 Å². The van der Waals surface area contributed by atoms with Gasteiger partial charge in [0.05, 0.1) is 6.42 Å². The highest BCUT2D eigenvalue weighted by Gasteiger charge is 2.25. The Morgan fingerprint density at radius 2 is 1.44 bits per heavy atom. The first-order valence-electron chi connectivity index (χ1n) is 9.50. The molecular formula is C22H27N3O2. The molecule has 1 atom stereocenters. The minimum atomic E-state index is -0.498. The molecule has 3 rings (SSSR count). The molecule has 1 aliphatic heterocycles. The van der Waals surface area contributed by atoms with Crippen LogP contribution in [0, 0.1) is 0 Å². The molecule has 27 heavy (non-hydrogen) atoms. The van der Waals surface area contributed by atoms with Crippen molar-refractivity contribution >= 4 is 11.8 Å². The lowest BCUT2D eigenvalue weighted by atomic mass is 10.1. The van der Waals surface area contributed by atoms with Crippen LogP contribution in [0.25, 0.3) is 0 Å². The molecule has 0 spiro atoms. The minimum Gasteiger partial charge on any atom is -0.344 e. The smallest absolute Gasteiger partial charge is 0.244 e. The number of amides is 2. The minimum absolute atomic E-state index is 0.00391. The summed E-state index contributed by atoms with van der Waals surface area (Å²) in [4.78, 5) is 29.0. The van der Waals surface area contributed by atoms with E-state index in [4.69, 9.17) is 0 Å². The second kappa shape index (κ2) is 9.33. The Morgan fingerprint density at radius 1 is 0.889 bits per heavy atom. The molecule has 0 bridgehead atoms. The van der Waals surface area contributed by atoms with E-state index in [9.17, 15) is 9.59 Å². The van der Waals surface area contributed by atoms with Crippen LogP contribution in [0.3, 0.4) is 0 Å². The number of benzene rings is 2. The van der Waals surface area contributed by atoms with Crippen molar-refractivity contribution in [1.29, 1.82) is 0 Å². The zero-order chi connectivity index (χ0) is 19.1. The summed E-state index contributed by atoms with van der Waals surface area (Å²) >= 11 is 0. The number of piperazine rings is 1. The fourth-order valence-electron chi connectivity index (χ4n) is 3.38. The Balaban J connectivity index is 1.43. The SMILES string of the molecule is C[C@@H](NC(=O)Cc1ccccc1)C(=O)N1CCN(Cc2ccccc2)CC1. The monoisotopic (exact) mass is 365 g/mol. The van der Waals surface area contributed by atoms with Crippen molar-refractivity contribution in [2.75, 3.05) is 26.2 Å². The van der Waals surface area contributed by atoms with Gasteiger partial charge in [0.15, 0.2) is 0 Å². The van der Waals surface area contributed by atoms with Gasteiger partial charge in [0.2, 0.25) is 11.8 Å². The van der Waals surface area contributed by atoms with Crippen LogP contribution in [0.1, 0.15) is 18.1 Å². The van der Waals surface area contributed by atoms with E-state index in [0.717, 1.165) is 25.2 Å². The molecule has 1 fully saturated rings. The van der Waals surface area contributed by atoms with Crippen molar-refractivity contribution in [1.82, 2.24) is 15.1 Å². The molecular weight excluding hydrogens is 338 g/mol. The van der Waals surface area contributed by atoms with Crippen LogP contribution in [0.15, 0.2) is 60.7 Å². The van der Waals surface area contributed by atoms with Crippen molar-refractivity contribution in [2.24, 2.45) is 0 Å². The molecule has 5 heteroatoms. The van der Waals surface area contributed by atoms with Crippen LogP contribution in [-0.2, 0) is 22.6 Å². The molecule has 1 aliphatic rings. The zero-order valence-electron chi connectivity index (χ0n) is 15.8. The molecule has 2 aromatic rings. The molecule has 0 saturated carbocycles. The quantitative estimate of drug-likeness (QED) is 0.853. The van der Waals surface area contributed by atoms with E-state index in [0.29, 0.717) is 19.5 Å². The molecule has 0 unspecified atom stereocenters. The molecule has 1 saturated heterocycles. The summed E-state index contributed by atoms with van der Waals surface area (Å²) in [6, 6.07) is 19.4. The van der Waals surface area contributed by atoms with Crippen LogP contribution in [0.2, 0.25) is 0 Å². The van der Waals surface area contributed by atoms with Crippen LogP contribution in [0.5, 0.6) is 0 Å². The third kappa shape index (κ3) is 5.66. The molecule has 0 radical (unpaired) electrons. The number of hydrogen-bond donors (Lipinski definition) is 1. The van der Waals surface area contributed by atoms with E-state index in [1.807, 2.05) is 41.3 Å². The fraction of sp³-hybridized carbons (Fsp3) is 0.364. The summed E-state index contributed by atoms with van der Waals surface area (Å²) in [5, 5.41) is 2.83. The summed E-state index contributed by atoms with van der Waals surface area (Å²) in [5.74, 6) is -0.125. The highest BCUT2D eigenvalue weighted by molar-refractivity contribution is 5.88. The lowest BCUT2D eigenvalue weighted by Gasteiger charge is -2.36. The predicted molar refractivity (Wildman–Crippen MR) is 106 cm³/mol. The summed E-state index contributed by atoms with van der Waals surface area (Å²) in [7, 11) is 0. The van der Waals surface area contributed by atoms with Crippen LogP contribution in [-0.4, -0.2) is 53.8 Å². The van der Waals surface area contributed by atoms with Gasteiger partial charge in [-0.15, -0.1) is 0 Å². The molecule has 0 aliphatic carbocycles. The van der Waals surface area contributed by atoms with E-state index in [-0.39, 0.29) is 11.8 Å². The van der Waals surface area contributed by atoms with Crippen molar-refractivity contribution in [2.45, 2.75) is 25.9 Å². The second-order valence-corrected chi connectivity index (χ2v) is 7.04. The molecule has 2 aromatic carbocycles. The average Bonchev–Trinajstić information content (AvgIpc) is 2.69. The van der Waals surface area contributed by atoms with Gasteiger partial charge in [0.25, 0.3) is 0 Å². The Labute approximate surface area is 161 Å². The van der Waals surface area contributed by atoms with Gasteiger partial charge < -0.3 is 10.2 Å². The number of carbonyl (C=O) groups is 2. The maximum absolute atomic E-state index is 12.6. The van der Waals surface area contributed by atoms with Gasteiger partial charge in [-0.3, -0.25) is 14.5 Å². The van der Waals surface area contributed by atoms with Gasteiger partial charge in [-0.1, -0.05) is 60.7 Å². The van der Waals surface area contributed by atoms with E-state index in [1.165, 1.54) is 5.56 Å². The van der Waals surface area contributed by atoms with E-state index >= 15 is 0 Å². The molecule has 0 aromatic heterocycles. The highest BCUT2D eigenvalue weighted by atomic mass is 16.2. The normalized spacial score (nSPS) is 16.0. The Morgan fingerprint density at radius 3 is 2.04 bits per heavy atom. The van der Waals surface area contributed by atoms with E-state index in [2.05, 4.69) is 34.5 Å². The molecule has 2 amide bonds. The average molecular weight is 365 g/mol. The number of carbonyl (C=O) groups excluding carboxylic acids is 2. The van der Waals surface area contributed by atoms with Gasteiger partial charge >= 0.3 is 0 Å². The fourth-order valence-corrected chi connectivity index (χ4v) is 3.38. The molecule has 5 nitrogen and oxygen atoms in total. The Bertz CT molecular complexity index is 741. The van der Waals surface area contributed by atoms with Gasteiger partial charge in [-0.2, -0.15) is 0 Å². The maximum atomic E-state index is 12.6. The topological polar surface area (TPSA) is 52.7 Å². The van der Waals surface area contributed by atoms with E-state index in [1.54, 1.807) is 6.92 Å². The third-order valence-corrected chi connectivity index (χ3v) is 4.89. The van der Waals surface area contributed by atoms with Crippen molar-refractivity contribution in [3.63, 3.8) is 0 Å². The summed E-state index contributed by atoms with van der Waals surface area (Å²) in [6.45, 7) is 5.78. The van der Waals surface area contributed by atoms with E-state index < -0.39 is 6.04 Å². The first-order chi connectivity index (χ1) is 13.1. The zero-order valence-corrected chi connectivity index (χ0v) is 15.8. The number of rotatable bonds is 6. The van der Waals surface area contributed by atoms with Crippen molar-refractivity contribution in [3.8, 4) is 0 Å². The maximum Gasteiger partial charge on any atom is 0.244 e. The largest absolute Gasteiger partial charge is 0.344 e. The number of nitrogens with zero attached hydrogens (tertiary/aromatic N) is 2. The highest BCUT2D eigenvalue weighted by Crippen LogP contribution is 2.09. The standard InChI is InChI=1S/C22H27N3O2/c1-18(23-21(26)16-19-8-4-2-5-9-19)22(27)25-14-12-24(13-15-25)17-20-10-6-3-7-11-20/h2-11,18H,12-17H2,1H3,(H,23,26)/t18-/m1/s1. The van der Waals surface area contributed by atoms with Crippen LogP contribution < -0.4 is 5.32 Å². The predicted octanol–water partition coefficient (Wildman–Crippen LogP) is 2.08. The van der Waals surface area contributed by atoms with Crippen molar-refractivity contribution in [3.05, 3.63) is 71.8 Å². The molecule has 1 N–H and O–H groups in total. The van der Waals surface area contributed by atoms with Crippen LogP contribution in [0.4, 0.5) is 0 Å². The first kappa shape index (κ1) is 19.1. The Kier molecular flexibility index (Phi) is 6.60. The summed E-state index contributed by atoms with van der Waals surface area (Å²) in [6.07, 6.45) is 0.295. The summed E-state index contributed by atoms with van der Waals surface area (Å²) in [5.41, 5.74) is 2.24. The van der Waals surface area contributed by atoms with Gasteiger partial charge in [-0.25, -0.2) is 0 Å². The number of hydrogen-bond acceptors (Lipinski definition) is 3. The lowest BCUT2D eigenvalue weighted by Crippen LogP contribution is -2.54. The molecule has 1 heterocycles.